The van der Waals surface area contributed by atoms with Gasteiger partial charge in [-0.05, 0) is 47.0 Å². The van der Waals surface area contributed by atoms with E-state index >= 15 is 0 Å². The number of hydrogen-bond donors (Lipinski definition) is 2. The molecule has 0 fully saturated rings. The molecule has 0 aliphatic carbocycles. The van der Waals surface area contributed by atoms with Gasteiger partial charge in [-0.1, -0.05) is 6.07 Å². The first kappa shape index (κ1) is 20.4. The maximum Gasteiger partial charge on any atom is 0.191 e. The lowest BCUT2D eigenvalue weighted by atomic mass is 10.2. The van der Waals surface area contributed by atoms with Crippen molar-refractivity contribution in [3.63, 3.8) is 0 Å². The van der Waals surface area contributed by atoms with Gasteiger partial charge in [-0.15, -0.1) is 24.0 Å². The number of nitrogens with zero attached hydrogens (tertiary/aromatic N) is 3. The van der Waals surface area contributed by atoms with E-state index in [1.54, 1.807) is 40.7 Å². The van der Waals surface area contributed by atoms with Crippen LogP contribution in [0.2, 0.25) is 0 Å². The Balaban J connectivity index is 0.00000243. The Bertz CT molecular complexity index is 818. The van der Waals surface area contributed by atoms with Crippen LogP contribution in [0.25, 0.3) is 5.69 Å². The lowest BCUT2D eigenvalue weighted by Crippen LogP contribution is -2.36. The molecule has 2 heterocycles. The summed E-state index contributed by atoms with van der Waals surface area (Å²) in [6.07, 6.45) is 4.93. The van der Waals surface area contributed by atoms with Crippen molar-refractivity contribution in [2.24, 2.45) is 4.99 Å². The smallest absolute Gasteiger partial charge is 0.191 e. The van der Waals surface area contributed by atoms with Crippen molar-refractivity contribution in [2.45, 2.75) is 20.0 Å². The molecule has 0 atom stereocenters. The topological polar surface area (TPSA) is 54.2 Å². The van der Waals surface area contributed by atoms with E-state index < -0.39 is 0 Å². The Morgan fingerprint density at radius 3 is 2.81 bits per heavy atom. The van der Waals surface area contributed by atoms with E-state index in [0.717, 1.165) is 12.1 Å². The van der Waals surface area contributed by atoms with Gasteiger partial charge in [-0.25, -0.2) is 14.4 Å². The second kappa shape index (κ2) is 10.3. The summed E-state index contributed by atoms with van der Waals surface area (Å²) >= 11 is 1.66. The first-order valence-corrected chi connectivity index (χ1v) is 9.00. The summed E-state index contributed by atoms with van der Waals surface area (Å²) in [6.45, 7) is 3.90. The molecule has 2 aromatic heterocycles. The molecule has 0 saturated heterocycles. The number of aromatic nitrogens is 2. The summed E-state index contributed by atoms with van der Waals surface area (Å²) in [4.78, 5) is 8.49. The van der Waals surface area contributed by atoms with Gasteiger partial charge in [-0.3, -0.25) is 0 Å². The zero-order valence-electron chi connectivity index (χ0n) is 14.4. The molecule has 0 amide bonds. The van der Waals surface area contributed by atoms with Gasteiger partial charge in [0.25, 0.3) is 0 Å². The fourth-order valence-corrected chi connectivity index (χ4v) is 3.01. The SMILES string of the molecule is CCNC(=NCc1ccsc1)NCc1ccc(-n2ccnc2)c(F)c1.I. The molecule has 1 aromatic carbocycles. The van der Waals surface area contributed by atoms with E-state index in [9.17, 15) is 4.39 Å². The fourth-order valence-electron chi connectivity index (χ4n) is 2.35. The molecule has 3 rings (SSSR count). The predicted molar refractivity (Wildman–Crippen MR) is 115 cm³/mol. The van der Waals surface area contributed by atoms with Crippen LogP contribution in [0.1, 0.15) is 18.1 Å². The minimum atomic E-state index is -0.280. The average Bonchev–Trinajstić information content (AvgIpc) is 3.31. The van der Waals surface area contributed by atoms with Crippen LogP contribution < -0.4 is 10.6 Å². The fraction of sp³-hybridized carbons (Fsp3) is 0.222. The van der Waals surface area contributed by atoms with Crippen LogP contribution in [0.15, 0.2) is 58.7 Å². The Kier molecular flexibility index (Phi) is 8.05. The molecule has 5 nitrogen and oxygen atoms in total. The van der Waals surface area contributed by atoms with Crippen LogP contribution in [0.3, 0.4) is 0 Å². The molecule has 26 heavy (non-hydrogen) atoms. The quantitative estimate of drug-likeness (QED) is 0.316. The average molecular weight is 485 g/mol. The third-order valence-electron chi connectivity index (χ3n) is 3.60. The molecule has 0 radical (unpaired) electrons. The standard InChI is InChI=1S/C18H20FN5S.HI/c1-2-21-18(23-11-15-5-8-25-12-15)22-10-14-3-4-17(16(19)9-14)24-7-6-20-13-24;/h3-9,12-13H,2,10-11H2,1H3,(H2,21,22,23);1H. The molecule has 2 N–H and O–H groups in total. The third kappa shape index (κ3) is 5.53. The number of hydrogen-bond acceptors (Lipinski definition) is 3. The molecule has 0 aliphatic rings. The van der Waals surface area contributed by atoms with Gasteiger partial charge in [0.2, 0.25) is 0 Å². The zero-order valence-corrected chi connectivity index (χ0v) is 17.5. The minimum Gasteiger partial charge on any atom is -0.357 e. The molecular formula is C18H21FIN5S. The van der Waals surface area contributed by atoms with Crippen LogP contribution in [0, 0.1) is 5.82 Å². The van der Waals surface area contributed by atoms with Crippen LogP contribution in [-0.2, 0) is 13.1 Å². The summed E-state index contributed by atoms with van der Waals surface area (Å²) in [5.41, 5.74) is 2.51. The van der Waals surface area contributed by atoms with E-state index in [0.29, 0.717) is 24.7 Å². The molecule has 0 unspecified atom stereocenters. The van der Waals surface area contributed by atoms with Gasteiger partial charge in [0.15, 0.2) is 5.96 Å². The molecule has 138 valence electrons. The molecular weight excluding hydrogens is 464 g/mol. The van der Waals surface area contributed by atoms with Crippen molar-refractivity contribution < 1.29 is 4.39 Å². The van der Waals surface area contributed by atoms with Crippen molar-refractivity contribution in [3.8, 4) is 5.69 Å². The number of aliphatic imine (C=N–C) groups is 1. The summed E-state index contributed by atoms with van der Waals surface area (Å²) in [6, 6.07) is 7.24. The first-order valence-electron chi connectivity index (χ1n) is 8.06. The van der Waals surface area contributed by atoms with Crippen molar-refractivity contribution in [1.29, 1.82) is 0 Å². The lowest BCUT2D eigenvalue weighted by molar-refractivity contribution is 0.615. The largest absolute Gasteiger partial charge is 0.357 e. The molecule has 0 bridgehead atoms. The normalized spacial score (nSPS) is 11.1. The molecule has 8 heteroatoms. The summed E-state index contributed by atoms with van der Waals surface area (Å²) in [5, 5.41) is 10.6. The molecule has 0 aliphatic heterocycles. The molecule has 0 spiro atoms. The molecule has 3 aromatic rings. The highest BCUT2D eigenvalue weighted by molar-refractivity contribution is 14.0. The van der Waals surface area contributed by atoms with Crippen molar-refractivity contribution >= 4 is 41.3 Å². The number of nitrogens with one attached hydrogen (secondary N) is 2. The Labute approximate surface area is 173 Å². The van der Waals surface area contributed by atoms with E-state index in [2.05, 4.69) is 32.1 Å². The van der Waals surface area contributed by atoms with E-state index in [-0.39, 0.29) is 29.8 Å². The Morgan fingerprint density at radius 2 is 2.15 bits per heavy atom. The van der Waals surface area contributed by atoms with Gasteiger partial charge in [0.05, 0.1) is 18.6 Å². The van der Waals surface area contributed by atoms with Crippen molar-refractivity contribution in [1.82, 2.24) is 20.2 Å². The Hall–Kier alpha value is -1.94. The summed E-state index contributed by atoms with van der Waals surface area (Å²) in [7, 11) is 0. The van der Waals surface area contributed by atoms with E-state index in [4.69, 9.17) is 0 Å². The zero-order chi connectivity index (χ0) is 17.5. The molecule has 0 saturated carbocycles. The van der Waals surface area contributed by atoms with E-state index in [1.165, 1.54) is 11.6 Å². The summed E-state index contributed by atoms with van der Waals surface area (Å²) < 4.78 is 16.0. The van der Waals surface area contributed by atoms with Crippen molar-refractivity contribution in [2.75, 3.05) is 6.54 Å². The van der Waals surface area contributed by atoms with Crippen LogP contribution in [-0.4, -0.2) is 22.1 Å². The number of rotatable bonds is 6. The van der Waals surface area contributed by atoms with Gasteiger partial charge in [0.1, 0.15) is 5.82 Å². The highest BCUT2D eigenvalue weighted by atomic mass is 127. The number of guanidine groups is 1. The van der Waals surface area contributed by atoms with Gasteiger partial charge in [0, 0.05) is 25.5 Å². The van der Waals surface area contributed by atoms with Crippen LogP contribution >= 0.6 is 35.3 Å². The third-order valence-corrected chi connectivity index (χ3v) is 4.33. The second-order valence-electron chi connectivity index (χ2n) is 5.44. The van der Waals surface area contributed by atoms with Crippen molar-refractivity contribution in [3.05, 3.63) is 70.7 Å². The minimum absolute atomic E-state index is 0. The monoisotopic (exact) mass is 485 g/mol. The van der Waals surface area contributed by atoms with Crippen LogP contribution in [0.5, 0.6) is 0 Å². The predicted octanol–water partition coefficient (Wildman–Crippen LogP) is 3.95. The number of imidazole rings is 1. The maximum atomic E-state index is 14.3. The van der Waals surface area contributed by atoms with Gasteiger partial charge >= 0.3 is 0 Å². The maximum absolute atomic E-state index is 14.3. The number of halogens is 2. The van der Waals surface area contributed by atoms with E-state index in [1.807, 2.05) is 18.4 Å². The van der Waals surface area contributed by atoms with Gasteiger partial charge < -0.3 is 15.2 Å². The highest BCUT2D eigenvalue weighted by Gasteiger charge is 2.06. The number of benzene rings is 1. The van der Waals surface area contributed by atoms with Gasteiger partial charge in [-0.2, -0.15) is 11.3 Å². The first-order chi connectivity index (χ1) is 12.3. The second-order valence-corrected chi connectivity index (χ2v) is 6.22. The number of thiophene rings is 1. The highest BCUT2D eigenvalue weighted by Crippen LogP contribution is 2.15. The summed E-state index contributed by atoms with van der Waals surface area (Å²) in [5.74, 6) is 0.435. The Morgan fingerprint density at radius 1 is 1.27 bits per heavy atom. The lowest BCUT2D eigenvalue weighted by Gasteiger charge is -2.12. The van der Waals surface area contributed by atoms with Crippen LogP contribution in [0.4, 0.5) is 4.39 Å².